The molecule has 8 N–H and O–H groups in total. The number of amides is 3. The Labute approximate surface area is 221 Å². The molecule has 12 heteroatoms. The molecule has 2 aromatic rings. The minimum atomic E-state index is -1.19. The van der Waals surface area contributed by atoms with Crippen LogP contribution in [0.5, 0.6) is 5.75 Å². The van der Waals surface area contributed by atoms with Gasteiger partial charge in [-0.3, -0.25) is 14.4 Å². The normalized spacial score (nSPS) is 15.1. The number of aromatic amines is 1. The van der Waals surface area contributed by atoms with Gasteiger partial charge in [0.2, 0.25) is 17.7 Å². The van der Waals surface area contributed by atoms with Crippen molar-refractivity contribution in [3.05, 3.63) is 48.0 Å². The third-order valence-electron chi connectivity index (χ3n) is 6.42. The van der Waals surface area contributed by atoms with E-state index in [4.69, 9.17) is 5.73 Å². The van der Waals surface area contributed by atoms with Gasteiger partial charge in [0, 0.05) is 24.7 Å². The number of phenols is 1. The van der Waals surface area contributed by atoms with Crippen LogP contribution in [0.3, 0.4) is 0 Å². The number of rotatable bonds is 14. The molecule has 0 spiro atoms. The van der Waals surface area contributed by atoms with E-state index in [1.165, 1.54) is 24.7 Å². The van der Waals surface area contributed by atoms with E-state index in [0.29, 0.717) is 17.7 Å². The lowest BCUT2D eigenvalue weighted by molar-refractivity contribution is -0.143. The summed E-state index contributed by atoms with van der Waals surface area (Å²) in [6.45, 7) is 7.08. The lowest BCUT2D eigenvalue weighted by Gasteiger charge is -2.27. The summed E-state index contributed by atoms with van der Waals surface area (Å²) in [6.07, 6.45) is 3.54. The van der Waals surface area contributed by atoms with Crippen LogP contribution in [-0.2, 0) is 32.0 Å². The Morgan fingerprint density at radius 2 is 1.53 bits per heavy atom. The van der Waals surface area contributed by atoms with Crippen molar-refractivity contribution in [3.8, 4) is 5.75 Å². The predicted octanol–water partition coefficient (Wildman–Crippen LogP) is 0.469. The summed E-state index contributed by atoms with van der Waals surface area (Å²) in [5.74, 6) is -3.55. The smallest absolute Gasteiger partial charge is 0.326 e. The molecule has 0 bridgehead atoms. The highest BCUT2D eigenvalue weighted by Gasteiger charge is 2.32. The zero-order chi connectivity index (χ0) is 28.4. The van der Waals surface area contributed by atoms with Gasteiger partial charge in [-0.2, -0.15) is 0 Å². The number of nitrogens with two attached hydrogens (primary N) is 1. The number of nitrogens with zero attached hydrogens (tertiary/aromatic N) is 1. The van der Waals surface area contributed by atoms with E-state index in [1.54, 1.807) is 32.9 Å². The number of hydrogen-bond donors (Lipinski definition) is 7. The third-order valence-corrected chi connectivity index (χ3v) is 6.42. The number of carboxylic acid groups (broad SMARTS) is 1. The number of H-pyrrole nitrogens is 1. The van der Waals surface area contributed by atoms with Gasteiger partial charge >= 0.3 is 5.97 Å². The number of nitrogens with one attached hydrogen (secondary N) is 4. The number of aromatic nitrogens is 2. The van der Waals surface area contributed by atoms with Gasteiger partial charge in [0.25, 0.3) is 0 Å². The van der Waals surface area contributed by atoms with Gasteiger partial charge in [-0.25, -0.2) is 9.78 Å². The first-order chi connectivity index (χ1) is 17.9. The summed E-state index contributed by atoms with van der Waals surface area (Å²) in [4.78, 5) is 58.0. The van der Waals surface area contributed by atoms with Gasteiger partial charge in [0.05, 0.1) is 12.4 Å². The third kappa shape index (κ3) is 8.87. The van der Waals surface area contributed by atoms with E-state index in [-0.39, 0.29) is 30.4 Å². The first kappa shape index (κ1) is 30.3. The van der Waals surface area contributed by atoms with E-state index in [1.807, 2.05) is 6.92 Å². The SMILES string of the molecule is CCC(C)C(NC(=O)C(Cc1ccc(O)cc1)NC(=O)C(Cc1cnc[nH]1)NC(=O)C(N)C(C)C)C(=O)O. The minimum absolute atomic E-state index is 0.0148. The van der Waals surface area contributed by atoms with Crippen molar-refractivity contribution in [2.75, 3.05) is 0 Å². The van der Waals surface area contributed by atoms with Gasteiger partial charge in [0.1, 0.15) is 23.9 Å². The molecule has 0 fully saturated rings. The maximum absolute atomic E-state index is 13.4. The van der Waals surface area contributed by atoms with Gasteiger partial charge in [0.15, 0.2) is 0 Å². The maximum Gasteiger partial charge on any atom is 0.326 e. The molecular weight excluding hydrogens is 492 g/mol. The fourth-order valence-electron chi connectivity index (χ4n) is 3.68. The summed E-state index contributed by atoms with van der Waals surface area (Å²) in [5.41, 5.74) is 7.16. The molecular formula is C26H38N6O6. The lowest BCUT2D eigenvalue weighted by atomic mass is 9.98. The van der Waals surface area contributed by atoms with Crippen molar-refractivity contribution >= 4 is 23.7 Å². The first-order valence-electron chi connectivity index (χ1n) is 12.6. The van der Waals surface area contributed by atoms with Crippen molar-refractivity contribution < 1.29 is 29.4 Å². The van der Waals surface area contributed by atoms with Crippen LogP contribution in [0.25, 0.3) is 0 Å². The van der Waals surface area contributed by atoms with Crippen LogP contribution in [0.4, 0.5) is 0 Å². The Hall–Kier alpha value is -3.93. The van der Waals surface area contributed by atoms with Crippen molar-refractivity contribution in [1.29, 1.82) is 0 Å². The van der Waals surface area contributed by atoms with Crippen LogP contribution in [0, 0.1) is 11.8 Å². The largest absolute Gasteiger partial charge is 0.508 e. The molecule has 0 radical (unpaired) electrons. The van der Waals surface area contributed by atoms with E-state index >= 15 is 0 Å². The quantitative estimate of drug-likeness (QED) is 0.183. The zero-order valence-corrected chi connectivity index (χ0v) is 22.1. The maximum atomic E-state index is 13.4. The molecule has 3 amide bonds. The van der Waals surface area contributed by atoms with Crippen molar-refractivity contribution in [2.24, 2.45) is 17.6 Å². The van der Waals surface area contributed by atoms with E-state index in [0.717, 1.165) is 0 Å². The molecule has 2 rings (SSSR count). The molecule has 5 unspecified atom stereocenters. The molecule has 1 heterocycles. The molecule has 0 aliphatic heterocycles. The average molecular weight is 531 g/mol. The Balaban J connectivity index is 2.32. The van der Waals surface area contributed by atoms with E-state index < -0.39 is 47.9 Å². The molecule has 12 nitrogen and oxygen atoms in total. The van der Waals surface area contributed by atoms with Gasteiger partial charge in [-0.15, -0.1) is 0 Å². The molecule has 0 saturated carbocycles. The number of aliphatic carboxylic acids is 1. The summed E-state index contributed by atoms with van der Waals surface area (Å²) in [7, 11) is 0. The first-order valence-corrected chi connectivity index (χ1v) is 12.6. The Morgan fingerprint density at radius 1 is 0.947 bits per heavy atom. The van der Waals surface area contributed by atoms with Crippen LogP contribution in [0.2, 0.25) is 0 Å². The molecule has 0 aliphatic carbocycles. The standard InChI is InChI=1S/C26H38N6O6/c1-5-15(4)22(26(37)38)32-24(35)19(10-16-6-8-18(33)9-7-16)30-23(34)20(11-17-12-28-13-29-17)31-25(36)21(27)14(2)3/h6-9,12-15,19-22,33H,5,10-11,27H2,1-4H3,(H,28,29)(H,30,34)(H,31,36)(H,32,35)(H,37,38). The Morgan fingerprint density at radius 3 is 2.05 bits per heavy atom. The summed E-state index contributed by atoms with van der Waals surface area (Å²) >= 11 is 0. The van der Waals surface area contributed by atoms with Crippen molar-refractivity contribution in [1.82, 2.24) is 25.9 Å². The fraction of sp³-hybridized carbons (Fsp3) is 0.500. The molecule has 5 atom stereocenters. The molecule has 38 heavy (non-hydrogen) atoms. The fourth-order valence-corrected chi connectivity index (χ4v) is 3.68. The zero-order valence-electron chi connectivity index (χ0n) is 22.1. The molecule has 0 saturated heterocycles. The summed E-state index contributed by atoms with van der Waals surface area (Å²) < 4.78 is 0. The number of carboxylic acids is 1. The summed E-state index contributed by atoms with van der Waals surface area (Å²) in [6, 6.07) is 1.81. The van der Waals surface area contributed by atoms with Gasteiger partial charge < -0.3 is 36.9 Å². The van der Waals surface area contributed by atoms with Crippen LogP contribution >= 0.6 is 0 Å². The number of carbonyl (C=O) groups excluding carboxylic acids is 3. The molecule has 1 aromatic heterocycles. The van der Waals surface area contributed by atoms with E-state index in [9.17, 15) is 29.4 Å². The molecule has 208 valence electrons. The highest BCUT2D eigenvalue weighted by Crippen LogP contribution is 2.13. The van der Waals surface area contributed by atoms with E-state index in [2.05, 4.69) is 25.9 Å². The van der Waals surface area contributed by atoms with Crippen LogP contribution in [-0.4, -0.2) is 68.0 Å². The average Bonchev–Trinajstić information content (AvgIpc) is 3.39. The van der Waals surface area contributed by atoms with Crippen LogP contribution in [0.15, 0.2) is 36.8 Å². The predicted molar refractivity (Wildman–Crippen MR) is 140 cm³/mol. The highest BCUT2D eigenvalue weighted by atomic mass is 16.4. The van der Waals surface area contributed by atoms with Gasteiger partial charge in [-0.05, 0) is 29.5 Å². The van der Waals surface area contributed by atoms with Crippen molar-refractivity contribution in [3.63, 3.8) is 0 Å². The van der Waals surface area contributed by atoms with Crippen molar-refractivity contribution in [2.45, 2.75) is 71.1 Å². The number of aromatic hydroxyl groups is 1. The number of imidazole rings is 1. The topological polar surface area (TPSA) is 200 Å². The minimum Gasteiger partial charge on any atom is -0.508 e. The van der Waals surface area contributed by atoms with Crippen LogP contribution < -0.4 is 21.7 Å². The monoisotopic (exact) mass is 530 g/mol. The second-order valence-corrected chi connectivity index (χ2v) is 9.75. The molecule has 1 aromatic carbocycles. The molecule has 0 aliphatic rings. The van der Waals surface area contributed by atoms with Crippen LogP contribution in [0.1, 0.15) is 45.4 Å². The number of phenolic OH excluding ortho intramolecular Hbond substituents is 1. The highest BCUT2D eigenvalue weighted by molar-refractivity contribution is 5.94. The number of carbonyl (C=O) groups is 4. The van der Waals surface area contributed by atoms with Gasteiger partial charge in [-0.1, -0.05) is 46.2 Å². The Bertz CT molecular complexity index is 1070. The lowest BCUT2D eigenvalue weighted by Crippen LogP contribution is -2.59. The second-order valence-electron chi connectivity index (χ2n) is 9.75. The Kier molecular flexibility index (Phi) is 11.3. The second kappa shape index (κ2) is 14.1. The number of hydrogen-bond acceptors (Lipinski definition) is 7. The number of benzene rings is 1. The summed E-state index contributed by atoms with van der Waals surface area (Å²) in [5, 5.41) is 27.1.